The van der Waals surface area contributed by atoms with Crippen LogP contribution in [0.3, 0.4) is 0 Å². The second kappa shape index (κ2) is 6.03. The summed E-state index contributed by atoms with van der Waals surface area (Å²) in [6, 6.07) is 9.74. The molecule has 0 aliphatic heterocycles. The fraction of sp³-hybridized carbons (Fsp3) is 0.333. The Hall–Kier alpha value is -2.76. The Balaban J connectivity index is 1.77. The molecule has 4 N–H and O–H groups in total. The fourth-order valence-electron chi connectivity index (χ4n) is 2.83. The molecule has 6 heteroatoms. The van der Waals surface area contributed by atoms with Crippen molar-refractivity contribution < 1.29 is 9.90 Å². The first kappa shape index (κ1) is 16.1. The lowest BCUT2D eigenvalue weighted by atomic mass is 10.0. The molecule has 1 aromatic carbocycles. The van der Waals surface area contributed by atoms with Gasteiger partial charge in [0.2, 0.25) is 0 Å². The van der Waals surface area contributed by atoms with E-state index in [1.54, 1.807) is 13.2 Å². The fourth-order valence-corrected chi connectivity index (χ4v) is 2.83. The third kappa shape index (κ3) is 3.13. The number of aryl methyl sites for hydroxylation is 1. The lowest BCUT2D eigenvalue weighted by Gasteiger charge is -2.26. The molecule has 24 heavy (non-hydrogen) atoms. The summed E-state index contributed by atoms with van der Waals surface area (Å²) in [5.74, 6) is 0. The van der Waals surface area contributed by atoms with E-state index in [0.29, 0.717) is 6.54 Å². The van der Waals surface area contributed by atoms with Gasteiger partial charge in [0.05, 0.1) is 17.4 Å². The minimum absolute atomic E-state index is 0.294. The number of anilines is 2. The van der Waals surface area contributed by atoms with Crippen molar-refractivity contribution in [3.63, 3.8) is 0 Å². The second-order valence-electron chi connectivity index (χ2n) is 6.40. The first-order chi connectivity index (χ1) is 11.4. The Kier molecular flexibility index (Phi) is 4.05. The molecule has 1 fully saturated rings. The Bertz CT molecular complexity index is 754. The summed E-state index contributed by atoms with van der Waals surface area (Å²) in [4.78, 5) is 17.0. The number of carboxylic acid groups (broad SMARTS) is 1. The van der Waals surface area contributed by atoms with Crippen molar-refractivity contribution in [3.8, 4) is 11.1 Å². The van der Waals surface area contributed by atoms with E-state index in [2.05, 4.69) is 10.3 Å². The minimum atomic E-state index is -0.890. The van der Waals surface area contributed by atoms with E-state index >= 15 is 0 Å². The van der Waals surface area contributed by atoms with Crippen LogP contribution in [0.2, 0.25) is 0 Å². The summed E-state index contributed by atoms with van der Waals surface area (Å²) in [5.41, 5.74) is 10.1. The normalized spacial score (nSPS) is 14.9. The van der Waals surface area contributed by atoms with Gasteiger partial charge in [0, 0.05) is 30.5 Å². The molecule has 6 nitrogen and oxygen atoms in total. The highest BCUT2D eigenvalue weighted by Crippen LogP contribution is 2.41. The molecular weight excluding hydrogens is 304 g/mol. The maximum atomic E-state index is 11.2. The van der Waals surface area contributed by atoms with Crippen molar-refractivity contribution in [2.45, 2.75) is 25.3 Å². The number of amides is 1. The number of nitrogens with two attached hydrogens (primary N) is 1. The van der Waals surface area contributed by atoms with Gasteiger partial charge < -0.3 is 21.1 Å². The van der Waals surface area contributed by atoms with Crippen LogP contribution in [0, 0.1) is 6.92 Å². The van der Waals surface area contributed by atoms with E-state index in [-0.39, 0.29) is 5.54 Å². The molecule has 1 saturated carbocycles. The van der Waals surface area contributed by atoms with Crippen LogP contribution < -0.4 is 11.1 Å². The molecule has 1 aliphatic carbocycles. The summed E-state index contributed by atoms with van der Waals surface area (Å²) >= 11 is 0. The number of nitrogen functional groups attached to an aromatic ring is 1. The smallest absolute Gasteiger partial charge is 0.407 e. The minimum Gasteiger partial charge on any atom is -0.465 e. The number of pyridine rings is 1. The number of carbonyl (C=O) groups is 1. The molecule has 1 amide bonds. The van der Waals surface area contributed by atoms with Gasteiger partial charge in [-0.05, 0) is 43.5 Å². The molecule has 0 bridgehead atoms. The van der Waals surface area contributed by atoms with Crippen molar-refractivity contribution in [2.24, 2.45) is 0 Å². The summed E-state index contributed by atoms with van der Waals surface area (Å²) < 4.78 is 0. The van der Waals surface area contributed by atoms with Crippen LogP contribution >= 0.6 is 0 Å². The third-order valence-corrected chi connectivity index (χ3v) is 4.76. The molecule has 1 heterocycles. The van der Waals surface area contributed by atoms with Gasteiger partial charge in [-0.15, -0.1) is 0 Å². The highest BCUT2D eigenvalue weighted by molar-refractivity contribution is 5.71. The van der Waals surface area contributed by atoms with Gasteiger partial charge in [0.1, 0.15) is 0 Å². The van der Waals surface area contributed by atoms with Crippen LogP contribution in [0.4, 0.5) is 16.2 Å². The maximum Gasteiger partial charge on any atom is 0.407 e. The molecule has 2 aromatic rings. The highest BCUT2D eigenvalue weighted by atomic mass is 16.4. The van der Waals surface area contributed by atoms with Crippen LogP contribution in [0.1, 0.15) is 18.5 Å². The molecular formula is C18H22N4O2. The summed E-state index contributed by atoms with van der Waals surface area (Å²) in [5, 5.41) is 12.5. The zero-order chi connectivity index (χ0) is 17.3. The summed E-state index contributed by atoms with van der Waals surface area (Å²) in [6.45, 7) is 2.55. The van der Waals surface area contributed by atoms with Gasteiger partial charge in [-0.1, -0.05) is 12.1 Å². The zero-order valence-corrected chi connectivity index (χ0v) is 13.9. The van der Waals surface area contributed by atoms with Gasteiger partial charge in [-0.25, -0.2) is 4.79 Å². The van der Waals surface area contributed by atoms with Crippen molar-refractivity contribution in [2.75, 3.05) is 24.6 Å². The van der Waals surface area contributed by atoms with Gasteiger partial charge in [-0.3, -0.25) is 4.98 Å². The van der Waals surface area contributed by atoms with E-state index in [0.717, 1.165) is 41.0 Å². The van der Waals surface area contributed by atoms with Crippen molar-refractivity contribution in [1.82, 2.24) is 9.88 Å². The molecule has 0 saturated heterocycles. The van der Waals surface area contributed by atoms with Crippen LogP contribution in [-0.4, -0.2) is 40.2 Å². The molecule has 0 radical (unpaired) electrons. The van der Waals surface area contributed by atoms with Gasteiger partial charge in [0.25, 0.3) is 0 Å². The van der Waals surface area contributed by atoms with E-state index in [9.17, 15) is 9.90 Å². The predicted octanol–water partition coefficient (Wildman–Crippen LogP) is 3.19. The SMILES string of the molecule is Cc1ncc(NCC2(N(C)C(=O)O)CC2)cc1-c1ccc(N)cc1. The Morgan fingerprint density at radius 2 is 2.04 bits per heavy atom. The Labute approximate surface area is 141 Å². The van der Waals surface area contributed by atoms with Gasteiger partial charge in [-0.2, -0.15) is 0 Å². The average Bonchev–Trinajstić information content (AvgIpc) is 3.35. The topological polar surface area (TPSA) is 91.5 Å². The van der Waals surface area contributed by atoms with Crippen LogP contribution in [0.15, 0.2) is 36.5 Å². The number of likely N-dealkylation sites (N-methyl/N-ethyl adjacent to an activating group) is 1. The van der Waals surface area contributed by atoms with E-state index in [4.69, 9.17) is 5.73 Å². The van der Waals surface area contributed by atoms with E-state index in [1.807, 2.05) is 37.3 Å². The monoisotopic (exact) mass is 326 g/mol. The van der Waals surface area contributed by atoms with Gasteiger partial charge in [0.15, 0.2) is 0 Å². The molecule has 1 aromatic heterocycles. The van der Waals surface area contributed by atoms with Crippen LogP contribution in [-0.2, 0) is 0 Å². The van der Waals surface area contributed by atoms with E-state index in [1.165, 1.54) is 4.90 Å². The molecule has 1 aliphatic rings. The van der Waals surface area contributed by atoms with E-state index < -0.39 is 6.09 Å². The number of hydrogen-bond acceptors (Lipinski definition) is 4. The number of aromatic nitrogens is 1. The first-order valence-corrected chi connectivity index (χ1v) is 7.94. The first-order valence-electron chi connectivity index (χ1n) is 7.94. The maximum absolute atomic E-state index is 11.2. The van der Waals surface area contributed by atoms with Crippen molar-refractivity contribution >= 4 is 17.5 Å². The predicted molar refractivity (Wildman–Crippen MR) is 95.1 cm³/mol. The van der Waals surface area contributed by atoms with Crippen LogP contribution in [0.25, 0.3) is 11.1 Å². The van der Waals surface area contributed by atoms with Crippen LogP contribution in [0.5, 0.6) is 0 Å². The van der Waals surface area contributed by atoms with Crippen molar-refractivity contribution in [1.29, 1.82) is 0 Å². The second-order valence-corrected chi connectivity index (χ2v) is 6.40. The zero-order valence-electron chi connectivity index (χ0n) is 13.9. The quantitative estimate of drug-likeness (QED) is 0.734. The Morgan fingerprint density at radius 3 is 2.62 bits per heavy atom. The summed E-state index contributed by atoms with van der Waals surface area (Å²) in [6.07, 6.45) is 2.66. The molecule has 126 valence electrons. The highest BCUT2D eigenvalue weighted by Gasteiger charge is 2.48. The lowest BCUT2D eigenvalue weighted by Crippen LogP contribution is -2.42. The average molecular weight is 326 g/mol. The van der Waals surface area contributed by atoms with Crippen molar-refractivity contribution in [3.05, 3.63) is 42.2 Å². The summed E-state index contributed by atoms with van der Waals surface area (Å²) in [7, 11) is 1.63. The number of nitrogens with one attached hydrogen (secondary N) is 1. The number of benzene rings is 1. The number of rotatable bonds is 5. The lowest BCUT2D eigenvalue weighted by molar-refractivity contribution is 0.135. The molecule has 0 unspecified atom stereocenters. The Morgan fingerprint density at radius 1 is 1.38 bits per heavy atom. The third-order valence-electron chi connectivity index (χ3n) is 4.76. The van der Waals surface area contributed by atoms with Gasteiger partial charge >= 0.3 is 6.09 Å². The number of nitrogens with zero attached hydrogens (tertiary/aromatic N) is 2. The molecule has 0 spiro atoms. The largest absolute Gasteiger partial charge is 0.465 e. The standard InChI is InChI=1S/C18H22N4O2/c1-12-16(13-3-5-14(19)6-4-13)9-15(10-20-12)21-11-18(7-8-18)22(2)17(23)24/h3-6,9-10,21H,7-8,11,19H2,1-2H3,(H,23,24). The molecule has 3 rings (SSSR count). The molecule has 0 atom stereocenters. The number of hydrogen-bond donors (Lipinski definition) is 3.